The van der Waals surface area contributed by atoms with E-state index in [1.807, 2.05) is 13.0 Å². The number of fused-ring (bicyclic) bond motifs is 1. The van der Waals surface area contributed by atoms with Gasteiger partial charge in [-0.05, 0) is 68.0 Å². The van der Waals surface area contributed by atoms with Gasteiger partial charge < -0.3 is 14.6 Å². The van der Waals surface area contributed by atoms with Crippen LogP contribution in [0.4, 0.5) is 18.0 Å². The van der Waals surface area contributed by atoms with Gasteiger partial charge in [-0.3, -0.25) is 4.90 Å². The zero-order valence-electron chi connectivity index (χ0n) is 23.1. The number of ether oxygens (including phenoxy) is 2. The Labute approximate surface area is 231 Å². The van der Waals surface area contributed by atoms with Gasteiger partial charge in [-0.25, -0.2) is 9.59 Å². The number of halogens is 3. The second kappa shape index (κ2) is 11.0. The third kappa shape index (κ3) is 6.14. The summed E-state index contributed by atoms with van der Waals surface area (Å²) in [4.78, 5) is 26.7. The summed E-state index contributed by atoms with van der Waals surface area (Å²) in [5, 5.41) is 10.2. The molecule has 0 bridgehead atoms. The van der Waals surface area contributed by atoms with Crippen LogP contribution in [0.3, 0.4) is 0 Å². The average molecular weight is 556 g/mol. The minimum absolute atomic E-state index is 0.0298. The Balaban J connectivity index is 1.89. The van der Waals surface area contributed by atoms with Crippen LogP contribution >= 0.6 is 0 Å². The normalized spacial score (nSPS) is 14.2. The van der Waals surface area contributed by atoms with Crippen molar-refractivity contribution < 1.29 is 37.3 Å². The Morgan fingerprint density at radius 1 is 0.950 bits per heavy atom. The Morgan fingerprint density at radius 2 is 1.55 bits per heavy atom. The van der Waals surface area contributed by atoms with Crippen molar-refractivity contribution in [2.24, 2.45) is 0 Å². The second-order valence-electron chi connectivity index (χ2n) is 11.0. The minimum atomic E-state index is -4.93. The smallest absolute Gasteiger partial charge is 0.417 e. The number of carboxylic acid groups (broad SMARTS) is 1. The largest absolute Gasteiger partial charge is 0.479 e. The van der Waals surface area contributed by atoms with Crippen LogP contribution < -0.4 is 0 Å². The molecule has 0 radical (unpaired) electrons. The van der Waals surface area contributed by atoms with Gasteiger partial charge in [-0.1, -0.05) is 60.2 Å². The zero-order valence-corrected chi connectivity index (χ0v) is 23.1. The molecule has 1 aliphatic rings. The maximum atomic E-state index is 15.0. The van der Waals surface area contributed by atoms with Crippen molar-refractivity contribution in [2.75, 3.05) is 0 Å². The fraction of sp³-hybridized carbons (Fsp3) is 0.355. The Bertz CT molecular complexity index is 1410. The fourth-order valence-corrected chi connectivity index (χ4v) is 5.05. The molecule has 4 rings (SSSR count). The highest BCUT2D eigenvalue weighted by molar-refractivity contribution is 5.85. The number of carbonyl (C=O) groups is 2. The summed E-state index contributed by atoms with van der Waals surface area (Å²) in [5.41, 5.74) is 0.246. The van der Waals surface area contributed by atoms with E-state index >= 15 is 0 Å². The number of rotatable bonds is 6. The van der Waals surface area contributed by atoms with E-state index in [4.69, 9.17) is 9.47 Å². The number of aryl methyl sites for hydroxylation is 1. The predicted molar refractivity (Wildman–Crippen MR) is 143 cm³/mol. The van der Waals surface area contributed by atoms with E-state index in [2.05, 4.69) is 0 Å². The Kier molecular flexibility index (Phi) is 7.99. The number of amides is 1. The Hall–Kier alpha value is -3.85. The minimum Gasteiger partial charge on any atom is -0.479 e. The highest BCUT2D eigenvalue weighted by atomic mass is 19.4. The monoisotopic (exact) mass is 555 g/mol. The topological polar surface area (TPSA) is 76.1 Å². The molecule has 40 heavy (non-hydrogen) atoms. The van der Waals surface area contributed by atoms with Gasteiger partial charge in [0.1, 0.15) is 6.61 Å². The lowest BCUT2D eigenvalue weighted by molar-refractivity contribution is -0.163. The van der Waals surface area contributed by atoms with E-state index in [0.717, 1.165) is 11.1 Å². The highest BCUT2D eigenvalue weighted by Crippen LogP contribution is 2.49. The molecule has 1 atom stereocenters. The van der Waals surface area contributed by atoms with Gasteiger partial charge in [0.2, 0.25) is 0 Å². The lowest BCUT2D eigenvalue weighted by Crippen LogP contribution is -2.30. The highest BCUT2D eigenvalue weighted by Gasteiger charge is 2.46. The van der Waals surface area contributed by atoms with Gasteiger partial charge in [0.05, 0.1) is 17.7 Å². The van der Waals surface area contributed by atoms with Crippen LogP contribution in [0.5, 0.6) is 0 Å². The number of nitrogens with zero attached hydrogens (tertiary/aromatic N) is 1. The number of hydrogen-bond acceptors (Lipinski definition) is 4. The molecule has 1 N–H and O–H groups in total. The lowest BCUT2D eigenvalue weighted by Gasteiger charge is -2.31. The third-order valence-corrected chi connectivity index (χ3v) is 6.78. The lowest BCUT2D eigenvalue weighted by atomic mass is 9.82. The Morgan fingerprint density at radius 3 is 2.10 bits per heavy atom. The molecule has 1 amide bonds. The molecular weight excluding hydrogens is 523 g/mol. The second-order valence-corrected chi connectivity index (χ2v) is 11.0. The van der Waals surface area contributed by atoms with E-state index in [1.54, 1.807) is 76.2 Å². The molecule has 0 unspecified atom stereocenters. The standard InChI is InChI=1S/C31H32F3NO5/c1-18-11-13-21(14-12-18)24-19(2)22-15-35(29(38)39-17-20-9-7-6-8-10-20)16-23(22)26(31(32,33)34)25(24)27(28(36)37)40-30(3,4)5/h6-14,27H,15-17H2,1-5H3,(H,36,37)/t27-/m0/s1. The molecule has 0 fully saturated rings. The molecule has 3 aromatic carbocycles. The van der Waals surface area contributed by atoms with Crippen molar-refractivity contribution in [1.29, 1.82) is 0 Å². The van der Waals surface area contributed by atoms with Crippen molar-refractivity contribution in [3.63, 3.8) is 0 Å². The number of carboxylic acids is 1. The maximum absolute atomic E-state index is 15.0. The summed E-state index contributed by atoms with van der Waals surface area (Å²) in [6, 6.07) is 15.8. The molecule has 9 heteroatoms. The number of aliphatic carboxylic acids is 1. The zero-order chi connectivity index (χ0) is 29.4. The molecule has 1 aliphatic heterocycles. The van der Waals surface area contributed by atoms with Crippen LogP contribution in [0.15, 0.2) is 54.6 Å². The van der Waals surface area contributed by atoms with E-state index in [0.29, 0.717) is 16.7 Å². The van der Waals surface area contributed by atoms with Gasteiger partial charge in [-0.15, -0.1) is 0 Å². The van der Waals surface area contributed by atoms with Crippen LogP contribution in [0, 0.1) is 13.8 Å². The molecule has 0 saturated carbocycles. The maximum Gasteiger partial charge on any atom is 0.417 e. The molecule has 212 valence electrons. The first-order valence-corrected chi connectivity index (χ1v) is 12.9. The third-order valence-electron chi connectivity index (χ3n) is 6.78. The molecule has 0 spiro atoms. The number of carbonyl (C=O) groups excluding carboxylic acids is 1. The fourth-order valence-electron chi connectivity index (χ4n) is 5.05. The summed E-state index contributed by atoms with van der Waals surface area (Å²) in [7, 11) is 0. The van der Waals surface area contributed by atoms with Gasteiger partial charge >= 0.3 is 18.2 Å². The number of hydrogen-bond donors (Lipinski definition) is 1. The first-order valence-electron chi connectivity index (χ1n) is 12.9. The molecule has 0 aliphatic carbocycles. The van der Waals surface area contributed by atoms with E-state index in [1.165, 1.54) is 4.90 Å². The summed E-state index contributed by atoms with van der Waals surface area (Å²) >= 11 is 0. The number of benzene rings is 3. The summed E-state index contributed by atoms with van der Waals surface area (Å²) in [5.74, 6) is -1.54. The SMILES string of the molecule is Cc1ccc(-c2c(C)c3c(c(C(F)(F)F)c2[C@H](OC(C)(C)C)C(=O)O)CN(C(=O)OCc2ccccc2)C3)cc1. The average Bonchev–Trinajstić information content (AvgIpc) is 3.31. The first kappa shape index (κ1) is 29.1. The molecular formula is C31H32F3NO5. The van der Waals surface area contributed by atoms with Crippen LogP contribution in [0.2, 0.25) is 0 Å². The van der Waals surface area contributed by atoms with Crippen molar-refractivity contribution in [3.8, 4) is 11.1 Å². The van der Waals surface area contributed by atoms with E-state index in [-0.39, 0.29) is 30.8 Å². The van der Waals surface area contributed by atoms with Crippen molar-refractivity contribution in [3.05, 3.63) is 93.5 Å². The summed E-state index contributed by atoms with van der Waals surface area (Å²) in [6.45, 7) is 7.77. The van der Waals surface area contributed by atoms with E-state index in [9.17, 15) is 27.9 Å². The molecule has 1 heterocycles. The summed E-state index contributed by atoms with van der Waals surface area (Å²) in [6.07, 6.45) is -7.59. The van der Waals surface area contributed by atoms with Crippen molar-refractivity contribution in [2.45, 2.75) is 72.2 Å². The van der Waals surface area contributed by atoms with Gasteiger partial charge in [0, 0.05) is 12.1 Å². The molecule has 0 saturated heterocycles. The number of alkyl halides is 3. The van der Waals surface area contributed by atoms with Gasteiger partial charge in [0.15, 0.2) is 6.10 Å². The predicted octanol–water partition coefficient (Wildman–Crippen LogP) is 7.58. The van der Waals surface area contributed by atoms with E-state index < -0.39 is 41.1 Å². The van der Waals surface area contributed by atoms with Crippen molar-refractivity contribution in [1.82, 2.24) is 4.90 Å². The van der Waals surface area contributed by atoms with Crippen LogP contribution in [-0.2, 0) is 40.1 Å². The van der Waals surface area contributed by atoms with Crippen LogP contribution in [0.1, 0.15) is 65.8 Å². The molecule has 0 aromatic heterocycles. The first-order chi connectivity index (χ1) is 18.7. The van der Waals surface area contributed by atoms with Crippen LogP contribution in [-0.4, -0.2) is 27.7 Å². The van der Waals surface area contributed by atoms with Crippen molar-refractivity contribution >= 4 is 12.1 Å². The van der Waals surface area contributed by atoms with Gasteiger partial charge in [-0.2, -0.15) is 13.2 Å². The molecule has 6 nitrogen and oxygen atoms in total. The van der Waals surface area contributed by atoms with Crippen LogP contribution in [0.25, 0.3) is 11.1 Å². The summed E-state index contributed by atoms with van der Waals surface area (Å²) < 4.78 is 56.1. The molecule has 3 aromatic rings. The quantitative estimate of drug-likeness (QED) is 0.339. The van der Waals surface area contributed by atoms with Gasteiger partial charge in [0.25, 0.3) is 0 Å².